The highest BCUT2D eigenvalue weighted by Gasteiger charge is 2.17. The summed E-state index contributed by atoms with van der Waals surface area (Å²) in [6, 6.07) is 5.88. The molecule has 0 saturated carbocycles. The van der Waals surface area contributed by atoms with Crippen LogP contribution in [0.1, 0.15) is 5.56 Å². The molecule has 0 aliphatic carbocycles. The summed E-state index contributed by atoms with van der Waals surface area (Å²) in [6.45, 7) is 4.42. The highest BCUT2D eigenvalue weighted by Crippen LogP contribution is 2.24. The van der Waals surface area contributed by atoms with Crippen LogP contribution in [0.3, 0.4) is 0 Å². The van der Waals surface area contributed by atoms with Crippen molar-refractivity contribution in [3.63, 3.8) is 0 Å². The third-order valence-electron chi connectivity index (χ3n) is 3.52. The number of methoxy groups -OCH3 is 2. The van der Waals surface area contributed by atoms with Gasteiger partial charge in [0.25, 0.3) is 0 Å². The summed E-state index contributed by atoms with van der Waals surface area (Å²) in [7, 11) is 5.46. The Hall–Kier alpha value is -1.30. The van der Waals surface area contributed by atoms with Crippen molar-refractivity contribution < 1.29 is 14.2 Å². The predicted octanol–water partition coefficient (Wildman–Crippen LogP) is 1.12. The molecule has 1 heterocycles. The molecule has 1 aromatic rings. The number of ether oxygens (including phenoxy) is 3. The molecule has 5 heteroatoms. The standard InChI is InChI=1S/C15H24N2O3/c1-17-6-7-20-14(11-17)10-16-9-12-4-5-13(18-2)8-15(12)19-3/h4-5,8,14,16H,6-7,9-11H2,1-3H3/t14-/m1/s1. The lowest BCUT2D eigenvalue weighted by molar-refractivity contribution is -0.0182. The van der Waals surface area contributed by atoms with Gasteiger partial charge in [-0.1, -0.05) is 6.07 Å². The summed E-state index contributed by atoms with van der Waals surface area (Å²) >= 11 is 0. The molecule has 1 saturated heterocycles. The van der Waals surface area contributed by atoms with E-state index in [1.165, 1.54) is 0 Å². The van der Waals surface area contributed by atoms with Gasteiger partial charge < -0.3 is 24.4 Å². The summed E-state index contributed by atoms with van der Waals surface area (Å²) in [4.78, 5) is 2.30. The Morgan fingerprint density at radius 2 is 2.20 bits per heavy atom. The molecule has 5 nitrogen and oxygen atoms in total. The van der Waals surface area contributed by atoms with Crippen molar-refractivity contribution in [1.29, 1.82) is 0 Å². The Balaban J connectivity index is 1.84. The van der Waals surface area contributed by atoms with Gasteiger partial charge in [0.15, 0.2) is 0 Å². The number of morpholine rings is 1. The molecular formula is C15H24N2O3. The molecule has 1 aliphatic heterocycles. The Labute approximate surface area is 120 Å². The molecule has 1 aliphatic rings. The third kappa shape index (κ3) is 4.10. The van der Waals surface area contributed by atoms with Crippen molar-refractivity contribution in [2.24, 2.45) is 0 Å². The van der Waals surface area contributed by atoms with Gasteiger partial charge in [0.1, 0.15) is 11.5 Å². The van der Waals surface area contributed by atoms with Gasteiger partial charge in [-0.3, -0.25) is 0 Å². The second kappa shape index (κ2) is 7.47. The maximum absolute atomic E-state index is 5.72. The number of benzene rings is 1. The first-order valence-electron chi connectivity index (χ1n) is 6.94. The maximum Gasteiger partial charge on any atom is 0.127 e. The molecule has 0 amide bonds. The fraction of sp³-hybridized carbons (Fsp3) is 0.600. The van der Waals surface area contributed by atoms with Crippen LogP contribution in [0.15, 0.2) is 18.2 Å². The van der Waals surface area contributed by atoms with E-state index in [1.54, 1.807) is 14.2 Å². The topological polar surface area (TPSA) is 43.0 Å². The van der Waals surface area contributed by atoms with Crippen LogP contribution in [0.4, 0.5) is 0 Å². The van der Waals surface area contributed by atoms with Crippen LogP contribution in [-0.4, -0.2) is 58.5 Å². The van der Waals surface area contributed by atoms with Gasteiger partial charge in [-0.05, 0) is 13.1 Å². The molecule has 1 atom stereocenters. The van der Waals surface area contributed by atoms with Crippen molar-refractivity contribution in [1.82, 2.24) is 10.2 Å². The molecule has 0 spiro atoms. The third-order valence-corrected chi connectivity index (χ3v) is 3.52. The Kier molecular flexibility index (Phi) is 5.64. The average molecular weight is 280 g/mol. The zero-order valence-corrected chi connectivity index (χ0v) is 12.5. The van der Waals surface area contributed by atoms with Gasteiger partial charge in [0.2, 0.25) is 0 Å². The van der Waals surface area contributed by atoms with E-state index < -0.39 is 0 Å². The minimum Gasteiger partial charge on any atom is -0.497 e. The summed E-state index contributed by atoms with van der Waals surface area (Å²) in [5.74, 6) is 1.65. The van der Waals surface area contributed by atoms with Gasteiger partial charge >= 0.3 is 0 Å². The van der Waals surface area contributed by atoms with Gasteiger partial charge in [0.05, 0.1) is 26.9 Å². The Morgan fingerprint density at radius 1 is 1.35 bits per heavy atom. The largest absolute Gasteiger partial charge is 0.497 e. The second-order valence-electron chi connectivity index (χ2n) is 5.06. The zero-order chi connectivity index (χ0) is 14.4. The average Bonchev–Trinajstić information content (AvgIpc) is 2.47. The number of nitrogens with zero attached hydrogens (tertiary/aromatic N) is 1. The number of hydrogen-bond acceptors (Lipinski definition) is 5. The quantitative estimate of drug-likeness (QED) is 0.846. The van der Waals surface area contributed by atoms with E-state index in [0.29, 0.717) is 0 Å². The SMILES string of the molecule is COc1ccc(CNC[C@@H]2CN(C)CCO2)c(OC)c1. The minimum atomic E-state index is 0.262. The van der Waals surface area contributed by atoms with Crippen LogP contribution in [0, 0.1) is 0 Å². The minimum absolute atomic E-state index is 0.262. The smallest absolute Gasteiger partial charge is 0.127 e. The number of nitrogens with one attached hydrogen (secondary N) is 1. The molecule has 0 bridgehead atoms. The van der Waals surface area contributed by atoms with Crippen LogP contribution in [0.25, 0.3) is 0 Å². The number of hydrogen-bond donors (Lipinski definition) is 1. The summed E-state index contributed by atoms with van der Waals surface area (Å²) < 4.78 is 16.3. The normalized spacial score (nSPS) is 19.9. The van der Waals surface area contributed by atoms with Crippen LogP contribution in [0.2, 0.25) is 0 Å². The molecule has 1 fully saturated rings. The van der Waals surface area contributed by atoms with E-state index in [4.69, 9.17) is 14.2 Å². The van der Waals surface area contributed by atoms with Crippen molar-refractivity contribution in [2.45, 2.75) is 12.6 Å². The zero-order valence-electron chi connectivity index (χ0n) is 12.5. The molecule has 1 N–H and O–H groups in total. The Bertz CT molecular complexity index is 426. The lowest BCUT2D eigenvalue weighted by Gasteiger charge is -2.30. The molecule has 20 heavy (non-hydrogen) atoms. The van der Waals surface area contributed by atoms with Crippen LogP contribution in [0.5, 0.6) is 11.5 Å². The maximum atomic E-state index is 5.72. The van der Waals surface area contributed by atoms with E-state index in [2.05, 4.69) is 17.3 Å². The van der Waals surface area contributed by atoms with E-state index >= 15 is 0 Å². The Morgan fingerprint density at radius 3 is 2.90 bits per heavy atom. The van der Waals surface area contributed by atoms with E-state index in [0.717, 1.165) is 49.8 Å². The van der Waals surface area contributed by atoms with Gasteiger partial charge in [-0.25, -0.2) is 0 Å². The number of likely N-dealkylation sites (N-methyl/N-ethyl adjacent to an activating group) is 1. The van der Waals surface area contributed by atoms with Crippen molar-refractivity contribution in [3.8, 4) is 11.5 Å². The molecule has 1 aromatic carbocycles. The predicted molar refractivity (Wildman–Crippen MR) is 78.5 cm³/mol. The fourth-order valence-corrected chi connectivity index (χ4v) is 2.36. The molecule has 2 rings (SSSR count). The molecule has 0 aromatic heterocycles. The number of rotatable bonds is 6. The highest BCUT2D eigenvalue weighted by molar-refractivity contribution is 5.40. The first-order valence-corrected chi connectivity index (χ1v) is 6.94. The van der Waals surface area contributed by atoms with E-state index in [9.17, 15) is 0 Å². The first kappa shape index (κ1) is 15.1. The van der Waals surface area contributed by atoms with Gasteiger partial charge in [0, 0.05) is 37.8 Å². The van der Waals surface area contributed by atoms with Crippen LogP contribution < -0.4 is 14.8 Å². The lowest BCUT2D eigenvalue weighted by atomic mass is 10.2. The summed E-state index contributed by atoms with van der Waals surface area (Å²) in [6.07, 6.45) is 0.262. The van der Waals surface area contributed by atoms with Gasteiger partial charge in [-0.2, -0.15) is 0 Å². The summed E-state index contributed by atoms with van der Waals surface area (Å²) in [5, 5.41) is 3.43. The van der Waals surface area contributed by atoms with Crippen molar-refractivity contribution in [3.05, 3.63) is 23.8 Å². The van der Waals surface area contributed by atoms with Crippen molar-refractivity contribution in [2.75, 3.05) is 47.5 Å². The van der Waals surface area contributed by atoms with Crippen LogP contribution in [-0.2, 0) is 11.3 Å². The van der Waals surface area contributed by atoms with Gasteiger partial charge in [-0.15, -0.1) is 0 Å². The summed E-state index contributed by atoms with van der Waals surface area (Å²) in [5.41, 5.74) is 1.12. The monoisotopic (exact) mass is 280 g/mol. The lowest BCUT2D eigenvalue weighted by Crippen LogP contribution is -2.44. The molecule has 0 unspecified atom stereocenters. The molecule has 0 radical (unpaired) electrons. The van der Waals surface area contributed by atoms with Crippen LogP contribution >= 0.6 is 0 Å². The molecule has 112 valence electrons. The van der Waals surface area contributed by atoms with Crippen molar-refractivity contribution >= 4 is 0 Å². The highest BCUT2D eigenvalue weighted by atomic mass is 16.5. The second-order valence-corrected chi connectivity index (χ2v) is 5.06. The van der Waals surface area contributed by atoms with E-state index in [-0.39, 0.29) is 6.10 Å². The molecular weight excluding hydrogens is 256 g/mol. The van der Waals surface area contributed by atoms with E-state index in [1.807, 2.05) is 18.2 Å². The fourth-order valence-electron chi connectivity index (χ4n) is 2.36. The first-order chi connectivity index (χ1) is 9.72.